The normalized spacial score (nSPS) is 15.4. The minimum atomic E-state index is -3.75. The quantitative estimate of drug-likeness (QED) is 0.534. The number of benzene rings is 2. The zero-order valence-electron chi connectivity index (χ0n) is 17.4. The highest BCUT2D eigenvalue weighted by atomic mass is 35.5. The van der Waals surface area contributed by atoms with Crippen LogP contribution < -0.4 is 9.64 Å². The van der Waals surface area contributed by atoms with Gasteiger partial charge in [0.05, 0.1) is 6.61 Å². The van der Waals surface area contributed by atoms with Crippen molar-refractivity contribution in [3.05, 3.63) is 52.8 Å². The fourth-order valence-electron chi connectivity index (χ4n) is 3.46. The monoisotopic (exact) mass is 454 g/mol. The van der Waals surface area contributed by atoms with E-state index in [1.807, 2.05) is 6.92 Å². The van der Waals surface area contributed by atoms with Crippen molar-refractivity contribution in [2.75, 3.05) is 37.7 Å². The van der Waals surface area contributed by atoms with E-state index in [1.54, 1.807) is 18.2 Å². The molecule has 0 unspecified atom stereocenters. The molecule has 0 saturated carbocycles. The molecule has 0 N–H and O–H groups in total. The molecule has 3 rings (SSSR count). The van der Waals surface area contributed by atoms with E-state index in [0.717, 1.165) is 30.5 Å². The summed E-state index contributed by atoms with van der Waals surface area (Å²) in [7, 11) is -3.75. The molecular weight excluding hydrogens is 427 g/mol. The molecule has 164 valence electrons. The number of aryl methyl sites for hydroxylation is 1. The molecule has 1 aliphatic rings. The van der Waals surface area contributed by atoms with Gasteiger partial charge in [-0.05, 0) is 55.3 Å². The minimum absolute atomic E-state index is 0.116. The summed E-state index contributed by atoms with van der Waals surface area (Å²) in [6.07, 6.45) is 2.96. The summed E-state index contributed by atoms with van der Waals surface area (Å²) in [6.45, 7) is 6.12. The Bertz CT molecular complexity index is 959. The van der Waals surface area contributed by atoms with Crippen LogP contribution in [0.1, 0.15) is 31.7 Å². The van der Waals surface area contributed by atoms with E-state index in [-0.39, 0.29) is 10.7 Å². The van der Waals surface area contributed by atoms with E-state index in [4.69, 9.17) is 16.3 Å². The van der Waals surface area contributed by atoms with Gasteiger partial charge in [0.2, 0.25) is 10.0 Å². The lowest BCUT2D eigenvalue weighted by Gasteiger charge is -2.35. The van der Waals surface area contributed by atoms with Crippen LogP contribution in [-0.4, -0.2) is 45.5 Å². The maximum Gasteiger partial charge on any atom is 0.246 e. The van der Waals surface area contributed by atoms with E-state index >= 15 is 0 Å². The summed E-state index contributed by atoms with van der Waals surface area (Å²) in [5.74, 6) is 0.0663. The largest absolute Gasteiger partial charge is 0.492 e. The zero-order valence-corrected chi connectivity index (χ0v) is 19.0. The Labute approximate surface area is 183 Å². The first-order valence-electron chi connectivity index (χ1n) is 10.3. The number of piperazine rings is 1. The zero-order chi connectivity index (χ0) is 21.7. The standard InChI is InChI=1S/C22H28ClFN2O3S/c1-3-4-5-14-29-21-15-17(2)20(23)16-22(21)30(27,28)26-12-10-25(11-13-26)19-8-6-18(24)7-9-19/h6-9,15-16H,3-5,10-14H2,1-2H3. The summed E-state index contributed by atoms with van der Waals surface area (Å²) in [5.41, 5.74) is 1.66. The van der Waals surface area contributed by atoms with Gasteiger partial charge < -0.3 is 9.64 Å². The fraction of sp³-hybridized carbons (Fsp3) is 0.455. The molecule has 1 heterocycles. The highest BCUT2D eigenvalue weighted by Crippen LogP contribution is 2.33. The maximum absolute atomic E-state index is 13.4. The van der Waals surface area contributed by atoms with Crippen molar-refractivity contribution in [1.82, 2.24) is 4.31 Å². The number of rotatable bonds is 8. The third-order valence-corrected chi connectivity index (χ3v) is 7.61. The van der Waals surface area contributed by atoms with Gasteiger partial charge >= 0.3 is 0 Å². The van der Waals surface area contributed by atoms with Gasteiger partial charge in [-0.15, -0.1) is 0 Å². The third kappa shape index (κ3) is 5.25. The van der Waals surface area contributed by atoms with Gasteiger partial charge in [0.15, 0.2) is 0 Å². The van der Waals surface area contributed by atoms with Crippen LogP contribution in [0.2, 0.25) is 5.02 Å². The summed E-state index contributed by atoms with van der Waals surface area (Å²) in [6, 6.07) is 9.44. The Morgan fingerprint density at radius 3 is 2.37 bits per heavy atom. The smallest absolute Gasteiger partial charge is 0.246 e. The van der Waals surface area contributed by atoms with Crippen LogP contribution in [0.25, 0.3) is 0 Å². The van der Waals surface area contributed by atoms with Crippen LogP contribution in [-0.2, 0) is 10.0 Å². The lowest BCUT2D eigenvalue weighted by Crippen LogP contribution is -2.48. The Kier molecular flexibility index (Phi) is 7.60. The van der Waals surface area contributed by atoms with Crippen LogP contribution >= 0.6 is 11.6 Å². The van der Waals surface area contributed by atoms with Crippen molar-refractivity contribution in [3.63, 3.8) is 0 Å². The van der Waals surface area contributed by atoms with E-state index in [2.05, 4.69) is 11.8 Å². The molecule has 0 atom stereocenters. The van der Waals surface area contributed by atoms with Crippen LogP contribution in [0.4, 0.5) is 10.1 Å². The number of ether oxygens (including phenoxy) is 1. The highest BCUT2D eigenvalue weighted by Gasteiger charge is 2.31. The first kappa shape index (κ1) is 22.8. The van der Waals surface area contributed by atoms with Gasteiger partial charge in [-0.3, -0.25) is 0 Å². The molecule has 5 nitrogen and oxygen atoms in total. The molecule has 0 bridgehead atoms. The van der Waals surface area contributed by atoms with Crippen LogP contribution in [0.15, 0.2) is 41.3 Å². The highest BCUT2D eigenvalue weighted by molar-refractivity contribution is 7.89. The molecular formula is C22H28ClFN2O3S. The molecule has 30 heavy (non-hydrogen) atoms. The van der Waals surface area contributed by atoms with Crippen LogP contribution in [0, 0.1) is 12.7 Å². The van der Waals surface area contributed by atoms with Crippen LogP contribution in [0.5, 0.6) is 5.75 Å². The second kappa shape index (κ2) is 9.98. The molecule has 0 radical (unpaired) electrons. The summed E-state index contributed by atoms with van der Waals surface area (Å²) in [5, 5.41) is 0.402. The third-order valence-electron chi connectivity index (χ3n) is 5.28. The van der Waals surface area contributed by atoms with Gasteiger partial charge in [0.1, 0.15) is 16.5 Å². The lowest BCUT2D eigenvalue weighted by atomic mass is 10.2. The number of hydrogen-bond acceptors (Lipinski definition) is 4. The minimum Gasteiger partial charge on any atom is -0.492 e. The van der Waals surface area contributed by atoms with Crippen molar-refractivity contribution < 1.29 is 17.5 Å². The molecule has 1 saturated heterocycles. The second-order valence-corrected chi connectivity index (χ2v) is 9.78. The number of hydrogen-bond donors (Lipinski definition) is 0. The SMILES string of the molecule is CCCCCOc1cc(C)c(Cl)cc1S(=O)(=O)N1CCN(c2ccc(F)cc2)CC1. The number of anilines is 1. The van der Waals surface area contributed by atoms with Gasteiger partial charge in [-0.2, -0.15) is 4.31 Å². The number of sulfonamides is 1. The first-order valence-corrected chi connectivity index (χ1v) is 12.1. The van der Waals surface area contributed by atoms with Gasteiger partial charge in [-0.1, -0.05) is 31.4 Å². The summed E-state index contributed by atoms with van der Waals surface area (Å²) in [4.78, 5) is 2.17. The average molecular weight is 455 g/mol. The van der Waals surface area contributed by atoms with E-state index in [9.17, 15) is 12.8 Å². The molecule has 0 amide bonds. The molecule has 0 spiro atoms. The molecule has 8 heteroatoms. The Balaban J connectivity index is 1.76. The molecule has 2 aromatic rings. The van der Waals surface area contributed by atoms with Crippen molar-refractivity contribution in [2.24, 2.45) is 0 Å². The molecule has 0 aromatic heterocycles. The number of unbranched alkanes of at least 4 members (excludes halogenated alkanes) is 2. The topological polar surface area (TPSA) is 49.9 Å². The van der Waals surface area contributed by atoms with Crippen LogP contribution in [0.3, 0.4) is 0 Å². The van der Waals surface area contributed by atoms with E-state index in [0.29, 0.717) is 43.6 Å². The van der Waals surface area contributed by atoms with Gasteiger partial charge in [-0.25, -0.2) is 12.8 Å². The Hall–Kier alpha value is -1.83. The molecule has 0 aliphatic carbocycles. The Morgan fingerprint density at radius 2 is 1.73 bits per heavy atom. The lowest BCUT2D eigenvalue weighted by molar-refractivity contribution is 0.296. The Morgan fingerprint density at radius 1 is 1.07 bits per heavy atom. The van der Waals surface area contributed by atoms with Crippen molar-refractivity contribution in [2.45, 2.75) is 38.0 Å². The summed E-state index contributed by atoms with van der Waals surface area (Å²) >= 11 is 6.25. The molecule has 2 aromatic carbocycles. The maximum atomic E-state index is 13.4. The number of nitrogens with zero attached hydrogens (tertiary/aromatic N) is 2. The predicted octanol–water partition coefficient (Wildman–Crippen LogP) is 4.87. The molecule has 1 aliphatic heterocycles. The van der Waals surface area contributed by atoms with E-state index in [1.165, 1.54) is 22.5 Å². The fourth-order valence-corrected chi connectivity index (χ4v) is 5.25. The van der Waals surface area contributed by atoms with Crippen molar-refractivity contribution in [3.8, 4) is 5.75 Å². The average Bonchev–Trinajstić information content (AvgIpc) is 2.74. The first-order chi connectivity index (χ1) is 14.3. The van der Waals surface area contributed by atoms with E-state index < -0.39 is 10.0 Å². The second-order valence-electron chi connectivity index (χ2n) is 7.47. The predicted molar refractivity (Wildman–Crippen MR) is 119 cm³/mol. The van der Waals surface area contributed by atoms with Crippen molar-refractivity contribution >= 4 is 27.3 Å². The van der Waals surface area contributed by atoms with Gasteiger partial charge in [0, 0.05) is 36.9 Å². The number of halogens is 2. The van der Waals surface area contributed by atoms with Gasteiger partial charge in [0.25, 0.3) is 0 Å². The molecule has 1 fully saturated rings. The summed E-state index contributed by atoms with van der Waals surface area (Å²) < 4.78 is 47.2. The van der Waals surface area contributed by atoms with Crippen molar-refractivity contribution in [1.29, 1.82) is 0 Å².